The fourth-order valence-corrected chi connectivity index (χ4v) is 8.14. The number of nitrogens with zero attached hydrogens (tertiary/aromatic N) is 4. The topological polar surface area (TPSA) is 54.5 Å². The first-order chi connectivity index (χ1) is 22.2. The second-order valence-corrected chi connectivity index (χ2v) is 12.8. The minimum Gasteiger partial charge on any atom is -0.308 e. The molecule has 1 unspecified atom stereocenters. The number of hydrogen-bond donors (Lipinski definition) is 0. The van der Waals surface area contributed by atoms with E-state index in [-0.39, 0.29) is 5.92 Å². The Hall–Kier alpha value is -5.57. The molecule has 1 atom stereocenters. The average Bonchev–Trinajstić information content (AvgIpc) is 3.64. The van der Waals surface area contributed by atoms with Gasteiger partial charge in [-0.15, -0.1) is 11.3 Å². The summed E-state index contributed by atoms with van der Waals surface area (Å²) in [7, 11) is 0. The van der Waals surface area contributed by atoms with Crippen molar-refractivity contribution >= 4 is 69.8 Å². The maximum Gasteiger partial charge on any atom is 0.160 e. The van der Waals surface area contributed by atoms with Gasteiger partial charge in [-0.1, -0.05) is 79.7 Å². The number of fused-ring (bicyclic) bond motifs is 8. The minimum atomic E-state index is 0.157. The van der Waals surface area contributed by atoms with E-state index in [4.69, 9.17) is 9.97 Å². The SMILES string of the molecule is CC1CC(c2nc(-c3ccc(-n4c5ccccc5c5ccc6c7ccccc7sc6c54)cc3)nc3ccccc23)=CC=C1C#N. The third-order valence-electron chi connectivity index (χ3n) is 9.12. The van der Waals surface area contributed by atoms with Gasteiger partial charge in [0.1, 0.15) is 0 Å². The molecule has 0 bridgehead atoms. The quantitative estimate of drug-likeness (QED) is 0.204. The molecule has 8 aromatic rings. The maximum atomic E-state index is 9.50. The normalized spacial score (nSPS) is 15.2. The lowest BCUT2D eigenvalue weighted by Gasteiger charge is -2.19. The van der Waals surface area contributed by atoms with Crippen LogP contribution in [0, 0.1) is 17.2 Å². The lowest BCUT2D eigenvalue weighted by molar-refractivity contribution is 0.717. The second kappa shape index (κ2) is 9.99. The molecule has 0 amide bonds. The summed E-state index contributed by atoms with van der Waals surface area (Å²) in [4.78, 5) is 10.1. The molecule has 212 valence electrons. The average molecular weight is 595 g/mol. The number of allylic oxidation sites excluding steroid dienone is 4. The first kappa shape index (κ1) is 25.9. The van der Waals surface area contributed by atoms with E-state index in [1.165, 1.54) is 42.0 Å². The van der Waals surface area contributed by atoms with Gasteiger partial charge in [0.05, 0.1) is 33.0 Å². The molecule has 5 aromatic carbocycles. The van der Waals surface area contributed by atoms with Crippen LogP contribution in [0.4, 0.5) is 0 Å². The first-order valence-corrected chi connectivity index (χ1v) is 16.0. The first-order valence-electron chi connectivity index (χ1n) is 15.2. The molecule has 3 heterocycles. The van der Waals surface area contributed by atoms with E-state index in [0.717, 1.165) is 45.4 Å². The highest BCUT2D eigenvalue weighted by Gasteiger charge is 2.21. The van der Waals surface area contributed by atoms with Crippen molar-refractivity contribution in [1.29, 1.82) is 5.26 Å². The standard InChI is InChI=1S/C40H26N4S/c1-24-22-26(14-15-27(24)23-41)37-33-10-2-5-11-34(33)42-40(43-37)25-16-18-28(19-17-25)44-35-12-6-3-8-29(35)31-20-21-32-30-9-4-7-13-36(30)45-39(32)38(31)44/h2-21,24H,22H2,1H3. The van der Waals surface area contributed by atoms with Gasteiger partial charge >= 0.3 is 0 Å². The van der Waals surface area contributed by atoms with E-state index >= 15 is 0 Å². The summed E-state index contributed by atoms with van der Waals surface area (Å²) in [6, 6.07) is 41.1. The molecule has 0 N–H and O–H groups in total. The highest BCUT2D eigenvalue weighted by Crippen LogP contribution is 2.43. The van der Waals surface area contributed by atoms with E-state index in [1.54, 1.807) is 0 Å². The number of hydrogen-bond acceptors (Lipinski definition) is 4. The molecule has 0 aliphatic heterocycles. The van der Waals surface area contributed by atoms with Crippen LogP contribution in [0.3, 0.4) is 0 Å². The Balaban J connectivity index is 1.22. The predicted octanol–water partition coefficient (Wildman–Crippen LogP) is 10.6. The molecule has 0 fully saturated rings. The summed E-state index contributed by atoms with van der Waals surface area (Å²) < 4.78 is 5.02. The van der Waals surface area contributed by atoms with Crippen molar-refractivity contribution in [2.75, 3.05) is 0 Å². The Morgan fingerprint density at radius 1 is 0.733 bits per heavy atom. The van der Waals surface area contributed by atoms with Crippen molar-refractivity contribution in [3.63, 3.8) is 0 Å². The molecule has 45 heavy (non-hydrogen) atoms. The van der Waals surface area contributed by atoms with Crippen molar-refractivity contribution in [2.24, 2.45) is 5.92 Å². The highest BCUT2D eigenvalue weighted by atomic mass is 32.1. The van der Waals surface area contributed by atoms with Gasteiger partial charge in [-0.05, 0) is 66.5 Å². The Morgan fingerprint density at radius 2 is 1.47 bits per heavy atom. The molecule has 0 saturated heterocycles. The Bertz CT molecular complexity index is 2590. The fourth-order valence-electron chi connectivity index (χ4n) is 6.89. The minimum absolute atomic E-state index is 0.157. The Kier molecular flexibility index (Phi) is 5.74. The summed E-state index contributed by atoms with van der Waals surface area (Å²) in [6.45, 7) is 2.10. The molecule has 3 aromatic heterocycles. The summed E-state index contributed by atoms with van der Waals surface area (Å²) in [5.41, 5.74) is 8.31. The van der Waals surface area contributed by atoms with Gasteiger partial charge < -0.3 is 4.57 Å². The zero-order valence-electron chi connectivity index (χ0n) is 24.5. The molecule has 0 radical (unpaired) electrons. The highest BCUT2D eigenvalue weighted by molar-refractivity contribution is 7.26. The molecule has 0 saturated carbocycles. The molecule has 0 spiro atoms. The van der Waals surface area contributed by atoms with Crippen molar-refractivity contribution in [3.8, 4) is 23.1 Å². The summed E-state index contributed by atoms with van der Waals surface area (Å²) in [5, 5.41) is 15.6. The molecular weight excluding hydrogens is 569 g/mol. The van der Waals surface area contributed by atoms with Gasteiger partial charge in [-0.2, -0.15) is 5.26 Å². The third kappa shape index (κ3) is 3.96. The van der Waals surface area contributed by atoms with Crippen LogP contribution in [0.15, 0.2) is 127 Å². The van der Waals surface area contributed by atoms with E-state index in [1.807, 2.05) is 29.5 Å². The fraction of sp³-hybridized carbons (Fsp3) is 0.0750. The lowest BCUT2D eigenvalue weighted by Crippen LogP contribution is -2.06. The number of para-hydroxylation sites is 2. The van der Waals surface area contributed by atoms with Crippen molar-refractivity contribution in [1.82, 2.24) is 14.5 Å². The van der Waals surface area contributed by atoms with E-state index < -0.39 is 0 Å². The molecule has 5 heteroatoms. The van der Waals surface area contributed by atoms with Gasteiger partial charge in [0.2, 0.25) is 0 Å². The summed E-state index contributed by atoms with van der Waals surface area (Å²) in [6.07, 6.45) is 4.77. The van der Waals surface area contributed by atoms with Crippen molar-refractivity contribution in [3.05, 3.63) is 133 Å². The maximum absolute atomic E-state index is 9.50. The van der Waals surface area contributed by atoms with Crippen LogP contribution in [-0.2, 0) is 0 Å². The van der Waals surface area contributed by atoms with Gasteiger partial charge in [0, 0.05) is 48.5 Å². The number of nitriles is 1. The van der Waals surface area contributed by atoms with E-state index in [0.29, 0.717) is 5.82 Å². The monoisotopic (exact) mass is 594 g/mol. The van der Waals surface area contributed by atoms with Crippen LogP contribution >= 0.6 is 11.3 Å². The molecule has 9 rings (SSSR count). The Labute approximate surface area is 263 Å². The van der Waals surface area contributed by atoms with Crippen LogP contribution in [-0.4, -0.2) is 14.5 Å². The molecule has 4 nitrogen and oxygen atoms in total. The van der Waals surface area contributed by atoms with Crippen molar-refractivity contribution < 1.29 is 0 Å². The van der Waals surface area contributed by atoms with E-state index in [2.05, 4.69) is 121 Å². The van der Waals surface area contributed by atoms with Crippen LogP contribution in [0.25, 0.3) is 75.5 Å². The third-order valence-corrected chi connectivity index (χ3v) is 10.3. The van der Waals surface area contributed by atoms with Gasteiger partial charge in [0.25, 0.3) is 0 Å². The van der Waals surface area contributed by atoms with Gasteiger partial charge in [-0.25, -0.2) is 9.97 Å². The molecule has 1 aliphatic carbocycles. The lowest BCUT2D eigenvalue weighted by atomic mass is 9.87. The van der Waals surface area contributed by atoms with E-state index in [9.17, 15) is 5.26 Å². The van der Waals surface area contributed by atoms with Crippen LogP contribution in [0.5, 0.6) is 0 Å². The molecule has 1 aliphatic rings. The number of benzene rings is 5. The number of rotatable bonds is 3. The zero-order valence-corrected chi connectivity index (χ0v) is 25.3. The van der Waals surface area contributed by atoms with Crippen LogP contribution in [0.1, 0.15) is 19.0 Å². The largest absolute Gasteiger partial charge is 0.308 e. The number of aromatic nitrogens is 3. The second-order valence-electron chi connectivity index (χ2n) is 11.8. The van der Waals surface area contributed by atoms with Crippen LogP contribution < -0.4 is 0 Å². The van der Waals surface area contributed by atoms with Gasteiger partial charge in [-0.3, -0.25) is 0 Å². The smallest absolute Gasteiger partial charge is 0.160 e. The Morgan fingerprint density at radius 3 is 2.29 bits per heavy atom. The number of thiophene rings is 1. The van der Waals surface area contributed by atoms with Crippen molar-refractivity contribution in [2.45, 2.75) is 13.3 Å². The predicted molar refractivity (Wildman–Crippen MR) is 188 cm³/mol. The molecular formula is C40H26N4S. The van der Waals surface area contributed by atoms with Gasteiger partial charge in [0.15, 0.2) is 5.82 Å². The summed E-state index contributed by atoms with van der Waals surface area (Å²) >= 11 is 1.87. The van der Waals surface area contributed by atoms with Crippen LogP contribution in [0.2, 0.25) is 0 Å². The summed E-state index contributed by atoms with van der Waals surface area (Å²) in [5.74, 6) is 0.859. The zero-order chi connectivity index (χ0) is 30.1.